The van der Waals surface area contributed by atoms with E-state index in [1.165, 1.54) is 17.3 Å². The Kier molecular flexibility index (Phi) is 9.26. The highest BCUT2D eigenvalue weighted by Crippen LogP contribution is 2.19. The maximum absolute atomic E-state index is 13.0. The van der Waals surface area contributed by atoms with Gasteiger partial charge < -0.3 is 10.2 Å². The van der Waals surface area contributed by atoms with Crippen molar-refractivity contribution in [2.24, 2.45) is 5.92 Å². The van der Waals surface area contributed by atoms with Crippen LogP contribution < -0.4 is 5.32 Å². The summed E-state index contributed by atoms with van der Waals surface area (Å²) in [6, 6.07) is 17.7. The Morgan fingerprint density at radius 1 is 1.00 bits per heavy atom. The van der Waals surface area contributed by atoms with Gasteiger partial charge in [0.25, 0.3) is 0 Å². The number of hydrogen-bond acceptors (Lipinski definition) is 3. The quantitative estimate of drug-likeness (QED) is 0.591. The number of aryl methyl sites for hydroxylation is 1. The van der Waals surface area contributed by atoms with Crippen LogP contribution in [0.5, 0.6) is 0 Å². The van der Waals surface area contributed by atoms with Gasteiger partial charge in [0, 0.05) is 18.0 Å². The molecule has 4 nitrogen and oxygen atoms in total. The van der Waals surface area contributed by atoms with Gasteiger partial charge in [-0.1, -0.05) is 61.9 Å². The molecular weight excluding hydrogens is 380 g/mol. The number of hydrogen-bond donors (Lipinski definition) is 1. The van der Waals surface area contributed by atoms with Gasteiger partial charge in [-0.3, -0.25) is 9.59 Å². The lowest BCUT2D eigenvalue weighted by atomic mass is 10.1. The van der Waals surface area contributed by atoms with Crippen LogP contribution in [0.1, 0.15) is 31.9 Å². The number of nitrogens with zero attached hydrogens (tertiary/aromatic N) is 1. The molecule has 0 aliphatic heterocycles. The number of benzene rings is 2. The van der Waals surface area contributed by atoms with Crippen molar-refractivity contribution in [1.82, 2.24) is 10.2 Å². The van der Waals surface area contributed by atoms with Crippen molar-refractivity contribution in [3.05, 3.63) is 65.7 Å². The third-order valence-corrected chi connectivity index (χ3v) is 5.72. The second-order valence-electron chi connectivity index (χ2n) is 7.74. The summed E-state index contributed by atoms with van der Waals surface area (Å²) in [4.78, 5) is 28.4. The van der Waals surface area contributed by atoms with Crippen molar-refractivity contribution in [2.45, 2.75) is 45.1 Å². The molecule has 0 aliphatic rings. The van der Waals surface area contributed by atoms with Gasteiger partial charge in [0.05, 0.1) is 5.75 Å². The minimum absolute atomic E-state index is 0.0151. The van der Waals surface area contributed by atoms with Crippen LogP contribution in [0.3, 0.4) is 0 Å². The van der Waals surface area contributed by atoms with Crippen molar-refractivity contribution in [3.63, 3.8) is 0 Å². The van der Waals surface area contributed by atoms with E-state index in [9.17, 15) is 9.59 Å². The van der Waals surface area contributed by atoms with Crippen molar-refractivity contribution in [3.8, 4) is 0 Å². The summed E-state index contributed by atoms with van der Waals surface area (Å²) < 4.78 is 0. The highest BCUT2D eigenvalue weighted by Gasteiger charge is 2.25. The van der Waals surface area contributed by atoms with Gasteiger partial charge in [0.1, 0.15) is 6.04 Å². The van der Waals surface area contributed by atoms with E-state index in [4.69, 9.17) is 0 Å². The van der Waals surface area contributed by atoms with Crippen molar-refractivity contribution < 1.29 is 9.59 Å². The van der Waals surface area contributed by atoms with Crippen LogP contribution in [-0.2, 0) is 16.0 Å². The van der Waals surface area contributed by atoms with E-state index in [-0.39, 0.29) is 11.8 Å². The number of thioether (sulfide) groups is 1. The maximum atomic E-state index is 13.0. The molecule has 1 N–H and O–H groups in total. The topological polar surface area (TPSA) is 49.4 Å². The first-order valence-corrected chi connectivity index (χ1v) is 11.2. The SMILES string of the molecule is Cc1ccc(SCC(=O)N(CCc2ccccc2)[C@@H](C)C(=O)NCC(C)C)cc1. The number of amides is 2. The summed E-state index contributed by atoms with van der Waals surface area (Å²) in [5, 5.41) is 2.96. The number of carbonyl (C=O) groups excluding carboxylic acids is 2. The highest BCUT2D eigenvalue weighted by molar-refractivity contribution is 8.00. The molecule has 2 amide bonds. The Labute approximate surface area is 179 Å². The third-order valence-electron chi connectivity index (χ3n) is 4.72. The first-order valence-electron chi connectivity index (χ1n) is 10.2. The molecule has 0 spiro atoms. The maximum Gasteiger partial charge on any atom is 0.242 e. The summed E-state index contributed by atoms with van der Waals surface area (Å²) in [7, 11) is 0. The van der Waals surface area contributed by atoms with Crippen LogP contribution in [0, 0.1) is 12.8 Å². The molecule has 1 atom stereocenters. The van der Waals surface area contributed by atoms with Crippen LogP contribution in [0.4, 0.5) is 0 Å². The highest BCUT2D eigenvalue weighted by atomic mass is 32.2. The monoisotopic (exact) mass is 412 g/mol. The van der Waals surface area contributed by atoms with Gasteiger partial charge >= 0.3 is 0 Å². The Balaban J connectivity index is 2.03. The Bertz CT molecular complexity index is 775. The molecule has 0 heterocycles. The lowest BCUT2D eigenvalue weighted by Crippen LogP contribution is -2.50. The molecule has 2 rings (SSSR count). The van der Waals surface area contributed by atoms with Crippen LogP contribution >= 0.6 is 11.8 Å². The molecule has 0 unspecified atom stereocenters. The fraction of sp³-hybridized carbons (Fsp3) is 0.417. The Morgan fingerprint density at radius 2 is 1.66 bits per heavy atom. The first-order chi connectivity index (χ1) is 13.9. The molecule has 0 aromatic heterocycles. The predicted octanol–water partition coefficient (Wildman–Crippen LogP) is 4.32. The number of rotatable bonds is 10. The van der Waals surface area contributed by atoms with Crippen molar-refractivity contribution in [2.75, 3.05) is 18.8 Å². The van der Waals surface area contributed by atoms with Crippen LogP contribution in [0.2, 0.25) is 0 Å². The molecule has 5 heteroatoms. The van der Waals surface area contributed by atoms with Crippen LogP contribution in [0.25, 0.3) is 0 Å². The predicted molar refractivity (Wildman–Crippen MR) is 121 cm³/mol. The normalized spacial score (nSPS) is 11.9. The lowest BCUT2D eigenvalue weighted by Gasteiger charge is -2.29. The molecule has 0 bridgehead atoms. The van der Waals surface area contributed by atoms with E-state index in [2.05, 4.69) is 19.2 Å². The summed E-state index contributed by atoms with van der Waals surface area (Å²) in [6.07, 6.45) is 0.726. The van der Waals surface area contributed by atoms with Gasteiger partial charge in [-0.05, 0) is 43.9 Å². The van der Waals surface area contributed by atoms with Gasteiger partial charge in [-0.15, -0.1) is 11.8 Å². The minimum Gasteiger partial charge on any atom is -0.354 e. The fourth-order valence-electron chi connectivity index (χ4n) is 2.89. The molecule has 0 saturated heterocycles. The lowest BCUT2D eigenvalue weighted by molar-refractivity contribution is -0.138. The minimum atomic E-state index is -0.497. The Hall–Kier alpha value is -2.27. The summed E-state index contributed by atoms with van der Waals surface area (Å²) in [5.74, 6) is 0.579. The van der Waals surface area contributed by atoms with E-state index < -0.39 is 6.04 Å². The van der Waals surface area contributed by atoms with Gasteiger partial charge in [-0.2, -0.15) is 0 Å². The van der Waals surface area contributed by atoms with Gasteiger partial charge in [-0.25, -0.2) is 0 Å². The standard InChI is InChI=1S/C24H32N2O2S/c1-18(2)16-25-24(28)20(4)26(15-14-21-8-6-5-7-9-21)23(27)17-29-22-12-10-19(3)11-13-22/h5-13,18,20H,14-17H2,1-4H3,(H,25,28)/t20-/m0/s1. The van der Waals surface area contributed by atoms with E-state index in [1.54, 1.807) is 4.90 Å². The molecule has 156 valence electrons. The summed E-state index contributed by atoms with van der Waals surface area (Å²) in [5.41, 5.74) is 2.35. The first kappa shape index (κ1) is 23.0. The average molecular weight is 413 g/mol. The zero-order valence-electron chi connectivity index (χ0n) is 17.9. The van der Waals surface area contributed by atoms with E-state index in [0.29, 0.717) is 24.8 Å². The zero-order chi connectivity index (χ0) is 21.2. The van der Waals surface area contributed by atoms with Gasteiger partial charge in [0.15, 0.2) is 0 Å². The molecule has 29 heavy (non-hydrogen) atoms. The van der Waals surface area contributed by atoms with Crippen molar-refractivity contribution in [1.29, 1.82) is 0 Å². The molecule has 0 aliphatic carbocycles. The van der Waals surface area contributed by atoms with E-state index >= 15 is 0 Å². The molecular formula is C24H32N2O2S. The molecule has 2 aromatic rings. The van der Waals surface area contributed by atoms with E-state index in [1.807, 2.05) is 68.4 Å². The van der Waals surface area contributed by atoms with E-state index in [0.717, 1.165) is 16.9 Å². The smallest absolute Gasteiger partial charge is 0.242 e. The van der Waals surface area contributed by atoms with Crippen LogP contribution in [0.15, 0.2) is 59.5 Å². The Morgan fingerprint density at radius 3 is 2.28 bits per heavy atom. The molecule has 0 radical (unpaired) electrons. The molecule has 2 aromatic carbocycles. The van der Waals surface area contributed by atoms with Gasteiger partial charge in [0.2, 0.25) is 11.8 Å². The molecule has 0 saturated carbocycles. The second-order valence-corrected chi connectivity index (χ2v) is 8.79. The number of carbonyl (C=O) groups is 2. The second kappa shape index (κ2) is 11.7. The molecule has 0 fully saturated rings. The average Bonchev–Trinajstić information content (AvgIpc) is 2.72. The summed E-state index contributed by atoms with van der Waals surface area (Å²) in [6.45, 7) is 9.11. The zero-order valence-corrected chi connectivity index (χ0v) is 18.7. The van der Waals surface area contributed by atoms with Crippen molar-refractivity contribution >= 4 is 23.6 Å². The largest absolute Gasteiger partial charge is 0.354 e. The van der Waals surface area contributed by atoms with Crippen LogP contribution in [-0.4, -0.2) is 41.6 Å². The summed E-state index contributed by atoms with van der Waals surface area (Å²) >= 11 is 1.51. The third kappa shape index (κ3) is 7.94. The number of nitrogens with one attached hydrogen (secondary N) is 1. The fourth-order valence-corrected chi connectivity index (χ4v) is 3.67.